The third-order valence-electron chi connectivity index (χ3n) is 17.1. The van der Waals surface area contributed by atoms with Crippen molar-refractivity contribution in [1.82, 2.24) is 0 Å². The van der Waals surface area contributed by atoms with Crippen molar-refractivity contribution in [1.29, 1.82) is 0 Å². The van der Waals surface area contributed by atoms with E-state index in [1.54, 1.807) is 0 Å². The molecule has 0 saturated carbocycles. The summed E-state index contributed by atoms with van der Waals surface area (Å²) in [6.45, 7) is 4.52. The molecule has 0 aromatic carbocycles. The predicted octanol–water partition coefficient (Wildman–Crippen LogP) is 24.4. The molecule has 0 fully saturated rings. The van der Waals surface area contributed by atoms with Crippen molar-refractivity contribution in [2.75, 3.05) is 39.6 Å². The van der Waals surface area contributed by atoms with Crippen LogP contribution in [0.3, 0.4) is 0 Å². The van der Waals surface area contributed by atoms with Crippen molar-refractivity contribution in [2.45, 2.75) is 354 Å². The molecule has 106 heavy (non-hydrogen) atoms. The summed E-state index contributed by atoms with van der Waals surface area (Å²) >= 11 is 0. The summed E-state index contributed by atoms with van der Waals surface area (Å²) in [5, 5.41) is 10.7. The Labute approximate surface area is 644 Å². The van der Waals surface area contributed by atoms with Crippen molar-refractivity contribution in [3.63, 3.8) is 0 Å². The number of phosphoric ester groups is 2. The number of carbonyl (C=O) groups excluding carboxylic acids is 4. The minimum atomic E-state index is -4.99. The largest absolute Gasteiger partial charge is 0.472 e. The minimum absolute atomic E-state index is 0.0787. The van der Waals surface area contributed by atoms with Crippen LogP contribution in [-0.2, 0) is 65.4 Å². The molecule has 0 heterocycles. The maximum absolute atomic E-state index is 13.1. The molecule has 0 aliphatic rings. The second kappa shape index (κ2) is 78.3. The highest BCUT2D eigenvalue weighted by Crippen LogP contribution is 2.45. The Morgan fingerprint density at radius 3 is 0.764 bits per heavy atom. The Morgan fingerprint density at radius 2 is 0.491 bits per heavy atom. The fourth-order valence-electron chi connectivity index (χ4n) is 10.9. The van der Waals surface area contributed by atoms with Gasteiger partial charge in [0.05, 0.1) is 26.4 Å². The van der Waals surface area contributed by atoms with Gasteiger partial charge >= 0.3 is 39.5 Å². The van der Waals surface area contributed by atoms with Crippen LogP contribution >= 0.6 is 15.6 Å². The van der Waals surface area contributed by atoms with Gasteiger partial charge in [0.25, 0.3) is 0 Å². The third-order valence-corrected chi connectivity index (χ3v) is 19.0. The minimum Gasteiger partial charge on any atom is -0.462 e. The quantitative estimate of drug-likeness (QED) is 0.0169. The number of aliphatic hydroxyl groups is 1. The first-order chi connectivity index (χ1) is 51.7. The van der Waals surface area contributed by atoms with Gasteiger partial charge in [0, 0.05) is 25.7 Å². The van der Waals surface area contributed by atoms with Crippen LogP contribution < -0.4 is 0 Å². The van der Waals surface area contributed by atoms with Crippen molar-refractivity contribution >= 4 is 39.5 Å². The van der Waals surface area contributed by atoms with Gasteiger partial charge in [0.1, 0.15) is 19.3 Å². The second-order valence-corrected chi connectivity index (χ2v) is 30.2. The number of allylic oxidation sites excluding steroid dienone is 22. The molecule has 608 valence electrons. The fourth-order valence-corrected chi connectivity index (χ4v) is 12.5. The molecule has 0 amide bonds. The number of unbranched alkanes of at least 4 members (excludes halogenated alkanes) is 29. The van der Waals surface area contributed by atoms with Crippen molar-refractivity contribution in [3.8, 4) is 0 Å². The molecule has 19 heteroatoms. The zero-order valence-corrected chi connectivity index (χ0v) is 68.4. The molecule has 0 aromatic rings. The van der Waals surface area contributed by atoms with Gasteiger partial charge in [-0.15, -0.1) is 0 Å². The molecule has 0 spiro atoms. The predicted molar refractivity (Wildman–Crippen MR) is 436 cm³/mol. The van der Waals surface area contributed by atoms with Gasteiger partial charge in [-0.3, -0.25) is 37.3 Å². The van der Waals surface area contributed by atoms with Crippen LogP contribution in [0.1, 0.15) is 336 Å². The van der Waals surface area contributed by atoms with Gasteiger partial charge in [-0.25, -0.2) is 9.13 Å². The number of hydrogen-bond donors (Lipinski definition) is 3. The molecule has 0 saturated heterocycles. The molecule has 3 N–H and O–H groups in total. The van der Waals surface area contributed by atoms with E-state index < -0.39 is 97.5 Å². The molecular formula is C87H148O17P2. The van der Waals surface area contributed by atoms with Crippen LogP contribution in [0, 0.1) is 0 Å². The third kappa shape index (κ3) is 77.4. The first-order valence-electron chi connectivity index (χ1n) is 41.4. The smallest absolute Gasteiger partial charge is 0.462 e. The van der Waals surface area contributed by atoms with Crippen molar-refractivity contribution in [3.05, 3.63) is 134 Å². The van der Waals surface area contributed by atoms with Crippen LogP contribution in [0.2, 0.25) is 0 Å². The Kier molecular flexibility index (Phi) is 74.8. The number of carbonyl (C=O) groups is 4. The van der Waals surface area contributed by atoms with E-state index in [-0.39, 0.29) is 25.7 Å². The molecule has 5 unspecified atom stereocenters. The van der Waals surface area contributed by atoms with E-state index >= 15 is 0 Å². The molecule has 17 nitrogen and oxygen atoms in total. The first kappa shape index (κ1) is 101. The summed E-state index contributed by atoms with van der Waals surface area (Å²) in [6.07, 6.45) is 88.4. The molecule has 0 aliphatic carbocycles. The lowest BCUT2D eigenvalue weighted by molar-refractivity contribution is -0.161. The standard InChI is InChI=1S/C87H148O17P2/c1-5-9-13-17-21-25-29-33-36-39-40-43-45-49-52-56-60-64-68-72-85(90)97-77-82(103-86(91)73-69-65-61-57-53-47-32-28-24-20-16-12-8-4)79-101-105(93,94)99-75-81(88)76-100-106(95,96)102-80-83(104-87(92)74-70-66-62-58-54-50-46-42-38-35-31-27-23-19-15-11-7-3)78-98-84(89)71-67-63-59-55-51-48-44-41-37-34-30-26-22-18-14-10-6-2/h9-11,13-15,21-23,25-27,33-38,40,43,49,52,81-83,88H,5-8,12,16-20,24,28-32,39,41-42,44-48,50-51,53-80H2,1-4H3,(H,93,94)(H,95,96)/b13-9-,14-10-,15-11-,25-21-,26-22-,27-23-,36-33-,37-34-,38-35-,43-40-,52-49-. The highest BCUT2D eigenvalue weighted by atomic mass is 31.2. The van der Waals surface area contributed by atoms with E-state index in [2.05, 4.69) is 161 Å². The van der Waals surface area contributed by atoms with Crippen LogP contribution in [-0.4, -0.2) is 96.7 Å². The number of rotatable bonds is 77. The number of ether oxygens (including phenoxy) is 4. The molecule has 0 aromatic heterocycles. The fraction of sp³-hybridized carbons (Fsp3) is 0.701. The molecule has 0 aliphatic heterocycles. The van der Waals surface area contributed by atoms with E-state index in [0.717, 1.165) is 205 Å². The van der Waals surface area contributed by atoms with E-state index in [1.165, 1.54) is 51.4 Å². The van der Waals surface area contributed by atoms with Gasteiger partial charge in [-0.2, -0.15) is 0 Å². The monoisotopic (exact) mass is 1530 g/mol. The molecule has 0 bridgehead atoms. The Morgan fingerprint density at radius 1 is 0.274 bits per heavy atom. The van der Waals surface area contributed by atoms with Crippen LogP contribution in [0.4, 0.5) is 0 Å². The van der Waals surface area contributed by atoms with Crippen molar-refractivity contribution < 1.29 is 80.2 Å². The lowest BCUT2D eigenvalue weighted by atomic mass is 10.0. The number of hydrogen-bond acceptors (Lipinski definition) is 15. The summed E-state index contributed by atoms with van der Waals surface area (Å²) in [4.78, 5) is 73.2. The zero-order chi connectivity index (χ0) is 77.4. The lowest BCUT2D eigenvalue weighted by Gasteiger charge is -2.21. The summed E-state index contributed by atoms with van der Waals surface area (Å²) in [5.41, 5.74) is 0. The zero-order valence-electron chi connectivity index (χ0n) is 66.6. The molecule has 0 rings (SSSR count). The SMILES string of the molecule is CC/C=C\C/C=C\C/C=C\C/C=C\C/C=C\CCCCCC(=O)OCC(COP(=O)(O)OCC(O)COP(=O)(O)OCC(COC(=O)CCCCCCCCC/C=C\C/C=C\C/C=C\CC)OC(=O)CCCCCCCCC/C=C\C/C=C\C/C=C\CC)OC(=O)CCCCCCCCCCCCCCC. The van der Waals surface area contributed by atoms with Gasteiger partial charge in [-0.05, 0) is 135 Å². The summed E-state index contributed by atoms with van der Waals surface area (Å²) < 4.78 is 68.7. The van der Waals surface area contributed by atoms with Crippen LogP contribution in [0.25, 0.3) is 0 Å². The summed E-state index contributed by atoms with van der Waals surface area (Å²) in [7, 11) is -9.98. The highest BCUT2D eigenvalue weighted by molar-refractivity contribution is 7.47. The maximum atomic E-state index is 13.1. The van der Waals surface area contributed by atoms with E-state index in [1.807, 2.05) is 0 Å². The molecule has 5 atom stereocenters. The highest BCUT2D eigenvalue weighted by Gasteiger charge is 2.30. The Hall–Kier alpha value is -4.80. The topological polar surface area (TPSA) is 237 Å². The number of esters is 4. The maximum Gasteiger partial charge on any atom is 0.472 e. The molecule has 0 radical (unpaired) electrons. The summed E-state index contributed by atoms with van der Waals surface area (Å²) in [6, 6.07) is 0. The lowest BCUT2D eigenvalue weighted by Crippen LogP contribution is -2.30. The van der Waals surface area contributed by atoms with Gasteiger partial charge in [0.2, 0.25) is 0 Å². The average molecular weight is 1530 g/mol. The van der Waals surface area contributed by atoms with Crippen LogP contribution in [0.5, 0.6) is 0 Å². The molecular weight excluding hydrogens is 1380 g/mol. The Bertz CT molecular complexity index is 2530. The normalized spacial score (nSPS) is 14.5. The Balaban J connectivity index is 5.39. The van der Waals surface area contributed by atoms with Crippen molar-refractivity contribution in [2.24, 2.45) is 0 Å². The summed E-state index contributed by atoms with van der Waals surface area (Å²) in [5.74, 6) is -2.22. The second-order valence-electron chi connectivity index (χ2n) is 27.3. The number of aliphatic hydroxyl groups excluding tert-OH is 1. The number of phosphoric acid groups is 2. The first-order valence-corrected chi connectivity index (χ1v) is 44.4. The van der Waals surface area contributed by atoms with Crippen LogP contribution in [0.15, 0.2) is 134 Å². The average Bonchev–Trinajstić information content (AvgIpc) is 0.900. The van der Waals surface area contributed by atoms with Gasteiger partial charge in [-0.1, -0.05) is 309 Å². The van der Waals surface area contributed by atoms with E-state index in [4.69, 9.17) is 37.0 Å². The van der Waals surface area contributed by atoms with Gasteiger partial charge < -0.3 is 33.8 Å². The van der Waals surface area contributed by atoms with E-state index in [0.29, 0.717) is 25.7 Å². The van der Waals surface area contributed by atoms with Gasteiger partial charge in [0.15, 0.2) is 12.2 Å². The van der Waals surface area contributed by atoms with E-state index in [9.17, 15) is 43.2 Å².